The molecule has 1 fully saturated rings. The van der Waals surface area contributed by atoms with Crippen LogP contribution in [-0.2, 0) is 20.7 Å². The van der Waals surface area contributed by atoms with Crippen LogP contribution >= 0.6 is 0 Å². The second-order valence-corrected chi connectivity index (χ2v) is 10.0. The summed E-state index contributed by atoms with van der Waals surface area (Å²) >= 11 is 0. The second-order valence-electron chi connectivity index (χ2n) is 10.0. The number of esters is 1. The number of aliphatic hydroxyl groups is 1. The SMILES string of the molecule is COC(=O)CCCCCCN1C(=O)C(F)(F)CC1CC[C@@H](O)[C@H](C)CCCCCc1ccccc1. The number of methoxy groups -OCH3 is 1. The van der Waals surface area contributed by atoms with Gasteiger partial charge in [-0.1, -0.05) is 62.9 Å². The van der Waals surface area contributed by atoms with Crippen molar-refractivity contribution in [2.45, 2.75) is 108 Å². The number of carbonyl (C=O) groups excluding carboxylic acids is 2. The number of hydrogen-bond donors (Lipinski definition) is 1. The zero-order valence-corrected chi connectivity index (χ0v) is 21.4. The molecule has 1 aliphatic heterocycles. The molecule has 0 spiro atoms. The minimum Gasteiger partial charge on any atom is -0.469 e. The highest BCUT2D eigenvalue weighted by molar-refractivity contribution is 5.86. The molecule has 1 amide bonds. The zero-order chi connectivity index (χ0) is 25.7. The van der Waals surface area contributed by atoms with Crippen LogP contribution in [0.5, 0.6) is 0 Å². The van der Waals surface area contributed by atoms with Crippen LogP contribution in [0, 0.1) is 5.92 Å². The number of nitrogens with zero attached hydrogens (tertiary/aromatic N) is 1. The lowest BCUT2D eigenvalue weighted by Crippen LogP contribution is -2.37. The molecule has 2 rings (SSSR count). The van der Waals surface area contributed by atoms with E-state index in [-0.39, 0.29) is 11.9 Å². The van der Waals surface area contributed by atoms with E-state index in [2.05, 4.69) is 29.0 Å². The Morgan fingerprint density at radius 1 is 1.09 bits per heavy atom. The average Bonchev–Trinajstić information content (AvgIpc) is 3.07. The van der Waals surface area contributed by atoms with Gasteiger partial charge in [-0.15, -0.1) is 0 Å². The summed E-state index contributed by atoms with van der Waals surface area (Å²) in [5.41, 5.74) is 1.34. The fourth-order valence-electron chi connectivity index (χ4n) is 4.88. The van der Waals surface area contributed by atoms with Crippen molar-refractivity contribution in [2.24, 2.45) is 5.92 Å². The van der Waals surface area contributed by atoms with Crippen LogP contribution < -0.4 is 0 Å². The number of ether oxygens (including phenoxy) is 1. The number of carbonyl (C=O) groups is 2. The van der Waals surface area contributed by atoms with Crippen molar-refractivity contribution in [3.63, 3.8) is 0 Å². The monoisotopic (exact) mass is 495 g/mol. The van der Waals surface area contributed by atoms with E-state index in [4.69, 9.17) is 0 Å². The van der Waals surface area contributed by atoms with E-state index in [0.29, 0.717) is 38.6 Å². The van der Waals surface area contributed by atoms with Gasteiger partial charge in [-0.05, 0) is 56.4 Å². The molecule has 7 heteroatoms. The van der Waals surface area contributed by atoms with E-state index in [9.17, 15) is 23.5 Å². The number of aryl methyl sites for hydroxylation is 1. The fraction of sp³-hybridized carbons (Fsp3) is 0.714. The van der Waals surface area contributed by atoms with E-state index >= 15 is 0 Å². The normalized spacial score (nSPS) is 19.1. The molecule has 1 heterocycles. The van der Waals surface area contributed by atoms with Crippen molar-refractivity contribution in [3.05, 3.63) is 35.9 Å². The largest absolute Gasteiger partial charge is 0.469 e. The highest BCUT2D eigenvalue weighted by Gasteiger charge is 2.52. The quantitative estimate of drug-likeness (QED) is 0.215. The number of aliphatic hydroxyl groups excluding tert-OH is 1. The predicted molar refractivity (Wildman–Crippen MR) is 133 cm³/mol. The van der Waals surface area contributed by atoms with Crippen molar-refractivity contribution < 1.29 is 28.2 Å². The van der Waals surface area contributed by atoms with E-state index in [1.165, 1.54) is 17.6 Å². The lowest BCUT2D eigenvalue weighted by Gasteiger charge is -2.26. The lowest BCUT2D eigenvalue weighted by atomic mass is 9.92. The molecule has 0 radical (unpaired) electrons. The van der Waals surface area contributed by atoms with Gasteiger partial charge in [-0.2, -0.15) is 8.78 Å². The summed E-state index contributed by atoms with van der Waals surface area (Å²) in [6.07, 6.45) is 8.25. The summed E-state index contributed by atoms with van der Waals surface area (Å²) < 4.78 is 32.9. The van der Waals surface area contributed by atoms with Crippen LogP contribution in [0.4, 0.5) is 8.78 Å². The summed E-state index contributed by atoms with van der Waals surface area (Å²) in [5.74, 6) is -4.55. The van der Waals surface area contributed by atoms with E-state index in [0.717, 1.165) is 44.9 Å². The first-order valence-electron chi connectivity index (χ1n) is 13.2. The van der Waals surface area contributed by atoms with Gasteiger partial charge in [-0.25, -0.2) is 0 Å². The summed E-state index contributed by atoms with van der Waals surface area (Å²) in [4.78, 5) is 24.7. The Morgan fingerprint density at radius 2 is 1.77 bits per heavy atom. The maximum absolute atomic E-state index is 14.1. The van der Waals surface area contributed by atoms with E-state index in [1.807, 2.05) is 13.0 Å². The summed E-state index contributed by atoms with van der Waals surface area (Å²) in [6.45, 7) is 2.31. The molecule has 0 saturated carbocycles. The molecule has 1 N–H and O–H groups in total. The van der Waals surface area contributed by atoms with Crippen molar-refractivity contribution in [1.82, 2.24) is 4.90 Å². The van der Waals surface area contributed by atoms with E-state index < -0.39 is 30.4 Å². The van der Waals surface area contributed by atoms with Crippen LogP contribution in [0.1, 0.15) is 89.5 Å². The molecule has 0 aliphatic carbocycles. The molecular weight excluding hydrogens is 452 g/mol. The highest BCUT2D eigenvalue weighted by atomic mass is 19.3. The Hall–Kier alpha value is -2.02. The number of hydrogen-bond acceptors (Lipinski definition) is 4. The van der Waals surface area contributed by atoms with Crippen molar-refractivity contribution >= 4 is 11.9 Å². The molecule has 1 unspecified atom stereocenters. The van der Waals surface area contributed by atoms with Crippen molar-refractivity contribution in [2.75, 3.05) is 13.7 Å². The third-order valence-corrected chi connectivity index (χ3v) is 7.18. The lowest BCUT2D eigenvalue weighted by molar-refractivity contribution is -0.148. The molecule has 0 aromatic heterocycles. The third-order valence-electron chi connectivity index (χ3n) is 7.18. The summed E-state index contributed by atoms with van der Waals surface area (Å²) in [7, 11) is 1.35. The minimum absolute atomic E-state index is 0.104. The first-order chi connectivity index (χ1) is 16.7. The smallest absolute Gasteiger partial charge is 0.326 e. The van der Waals surface area contributed by atoms with Crippen molar-refractivity contribution in [1.29, 1.82) is 0 Å². The van der Waals surface area contributed by atoms with Gasteiger partial charge in [-0.3, -0.25) is 9.59 Å². The topological polar surface area (TPSA) is 66.8 Å². The van der Waals surface area contributed by atoms with Gasteiger partial charge in [0.1, 0.15) is 0 Å². The van der Waals surface area contributed by atoms with Crippen molar-refractivity contribution in [3.8, 4) is 0 Å². The highest BCUT2D eigenvalue weighted by Crippen LogP contribution is 2.36. The first-order valence-corrected chi connectivity index (χ1v) is 13.2. The zero-order valence-electron chi connectivity index (χ0n) is 21.4. The number of likely N-dealkylation sites (tertiary alicyclic amines) is 1. The molecular formula is C28H43F2NO4. The standard InChI is InChI=1S/C28H43F2NO4/c1-22(13-7-5-8-14-23-15-9-6-10-16-23)25(32)19-18-24-21-28(29,30)27(34)31(24)20-12-4-3-11-17-26(33)35-2/h6,9-10,15-16,22,24-25,32H,3-5,7-8,11-14,17-21H2,1-2H3/t22-,24?,25-/m1/s1. The Bertz CT molecular complexity index is 759. The maximum atomic E-state index is 14.1. The number of alkyl halides is 2. The van der Waals surface area contributed by atoms with Gasteiger partial charge in [0.15, 0.2) is 0 Å². The number of halogens is 2. The third kappa shape index (κ3) is 10.2. The number of amides is 1. The van der Waals surface area contributed by atoms with Crippen LogP contribution in [0.3, 0.4) is 0 Å². The Labute approximate surface area is 209 Å². The molecule has 3 atom stereocenters. The Morgan fingerprint density at radius 3 is 2.49 bits per heavy atom. The van der Waals surface area contributed by atoms with Crippen LogP contribution in [-0.4, -0.2) is 53.6 Å². The maximum Gasteiger partial charge on any atom is 0.326 e. The molecule has 0 bridgehead atoms. The van der Waals surface area contributed by atoms with Gasteiger partial charge in [0.05, 0.1) is 13.2 Å². The molecule has 1 saturated heterocycles. The second kappa shape index (κ2) is 15.2. The first kappa shape index (κ1) is 29.2. The number of benzene rings is 1. The molecule has 5 nitrogen and oxygen atoms in total. The van der Waals surface area contributed by atoms with Gasteiger partial charge < -0.3 is 14.7 Å². The number of unbranched alkanes of at least 4 members (excludes halogenated alkanes) is 5. The van der Waals surface area contributed by atoms with Gasteiger partial charge in [0.2, 0.25) is 0 Å². The molecule has 35 heavy (non-hydrogen) atoms. The van der Waals surface area contributed by atoms with Crippen LogP contribution in [0.2, 0.25) is 0 Å². The van der Waals surface area contributed by atoms with E-state index in [1.54, 1.807) is 0 Å². The molecule has 1 aliphatic rings. The van der Waals surface area contributed by atoms with Gasteiger partial charge in [0, 0.05) is 25.4 Å². The fourth-order valence-corrected chi connectivity index (χ4v) is 4.88. The predicted octanol–water partition coefficient (Wildman–Crippen LogP) is 5.93. The average molecular weight is 496 g/mol. The Balaban J connectivity index is 1.67. The van der Waals surface area contributed by atoms with Crippen LogP contribution in [0.25, 0.3) is 0 Å². The molecule has 1 aromatic carbocycles. The van der Waals surface area contributed by atoms with Crippen LogP contribution in [0.15, 0.2) is 30.3 Å². The summed E-state index contributed by atoms with van der Waals surface area (Å²) in [5, 5.41) is 10.6. The van der Waals surface area contributed by atoms with Gasteiger partial charge in [0.25, 0.3) is 5.91 Å². The number of rotatable bonds is 17. The Kier molecular flexibility index (Phi) is 12.7. The van der Waals surface area contributed by atoms with Gasteiger partial charge >= 0.3 is 11.9 Å². The molecule has 198 valence electrons. The minimum atomic E-state index is -3.31. The molecule has 1 aromatic rings. The summed E-state index contributed by atoms with van der Waals surface area (Å²) in [6, 6.07) is 9.87.